The van der Waals surface area contributed by atoms with Crippen molar-refractivity contribution in [2.45, 2.75) is 6.92 Å². The predicted molar refractivity (Wildman–Crippen MR) is 127 cm³/mol. The summed E-state index contributed by atoms with van der Waals surface area (Å²) in [5.41, 5.74) is 8.82. The number of nitrogens with one attached hydrogen (secondary N) is 1. The van der Waals surface area contributed by atoms with Crippen LogP contribution in [0.25, 0.3) is 11.1 Å². The number of hydrogen-bond acceptors (Lipinski definition) is 4. The Labute approximate surface area is 183 Å². The highest BCUT2D eigenvalue weighted by Crippen LogP contribution is 2.36. The fraction of sp³-hybridized carbons (Fsp3) is 0.148. The molecule has 0 bridgehead atoms. The van der Waals surface area contributed by atoms with E-state index in [1.807, 2.05) is 19.1 Å². The minimum absolute atomic E-state index is 0.563. The number of benzene rings is 3. The minimum Gasteiger partial charge on any atom is -0.492 e. The summed E-state index contributed by atoms with van der Waals surface area (Å²) in [5, 5.41) is 3.46. The Morgan fingerprint density at radius 3 is 2.39 bits per heavy atom. The maximum atomic E-state index is 5.70. The van der Waals surface area contributed by atoms with Crippen molar-refractivity contribution in [3.8, 4) is 11.1 Å². The third-order valence-corrected chi connectivity index (χ3v) is 5.71. The van der Waals surface area contributed by atoms with E-state index in [0.717, 1.165) is 33.9 Å². The molecule has 0 atom stereocenters. The molecule has 0 unspecified atom stereocenters. The minimum atomic E-state index is 0.563. The van der Waals surface area contributed by atoms with Gasteiger partial charge in [0.05, 0.1) is 42.6 Å². The maximum Gasteiger partial charge on any atom is 0.137 e. The predicted octanol–water partition coefficient (Wildman–Crippen LogP) is 5.33. The van der Waals surface area contributed by atoms with Crippen LogP contribution in [-0.2, 0) is 4.74 Å². The molecule has 2 aliphatic rings. The molecule has 0 saturated carbocycles. The third-order valence-electron chi connectivity index (χ3n) is 5.71. The van der Waals surface area contributed by atoms with E-state index < -0.39 is 0 Å². The van der Waals surface area contributed by atoms with Gasteiger partial charge in [-0.05, 0) is 30.2 Å². The van der Waals surface area contributed by atoms with Crippen LogP contribution in [0, 0.1) is 0 Å². The molecule has 2 heterocycles. The van der Waals surface area contributed by atoms with Gasteiger partial charge in [-0.25, -0.2) is 0 Å². The number of rotatable bonds is 5. The molecule has 154 valence electrons. The first-order chi connectivity index (χ1) is 15.3. The van der Waals surface area contributed by atoms with Gasteiger partial charge in [-0.15, -0.1) is 0 Å². The number of nitrogens with zero attached hydrogens (tertiary/aromatic N) is 2. The van der Waals surface area contributed by atoms with Gasteiger partial charge in [0.2, 0.25) is 0 Å². The Morgan fingerprint density at radius 2 is 1.68 bits per heavy atom. The van der Waals surface area contributed by atoms with E-state index in [0.29, 0.717) is 25.6 Å². The van der Waals surface area contributed by atoms with E-state index in [9.17, 15) is 0 Å². The third kappa shape index (κ3) is 3.50. The fourth-order valence-electron chi connectivity index (χ4n) is 4.24. The van der Waals surface area contributed by atoms with E-state index in [2.05, 4.69) is 83.5 Å². The molecule has 1 N–H and O–H groups in total. The van der Waals surface area contributed by atoms with Crippen molar-refractivity contribution in [1.82, 2.24) is 5.32 Å². The monoisotopic (exact) mass is 407 g/mol. The molecule has 0 saturated heterocycles. The van der Waals surface area contributed by atoms with Crippen molar-refractivity contribution >= 4 is 11.4 Å². The summed E-state index contributed by atoms with van der Waals surface area (Å²) in [6.45, 7) is 7.92. The Bertz CT molecular complexity index is 1180. The molecule has 0 radical (unpaired) electrons. The van der Waals surface area contributed by atoms with E-state index >= 15 is 0 Å². The summed E-state index contributed by atoms with van der Waals surface area (Å²) in [6.07, 6.45) is 0. The zero-order valence-corrected chi connectivity index (χ0v) is 17.6. The van der Waals surface area contributed by atoms with Crippen molar-refractivity contribution in [3.05, 3.63) is 114 Å². The first-order valence-electron chi connectivity index (χ1n) is 10.6. The average Bonchev–Trinajstić information content (AvgIpc) is 3.17. The number of aliphatic imine (C=N–C) groups is 1. The number of hydrogen-bond donors (Lipinski definition) is 1. The van der Waals surface area contributed by atoms with E-state index in [1.165, 1.54) is 11.1 Å². The highest BCUT2D eigenvalue weighted by atomic mass is 16.5. The molecule has 5 rings (SSSR count). The van der Waals surface area contributed by atoms with Crippen LogP contribution in [0.3, 0.4) is 0 Å². The van der Waals surface area contributed by atoms with Crippen LogP contribution in [0.15, 0.2) is 108 Å². The molecule has 4 heteroatoms. The topological polar surface area (TPSA) is 36.9 Å². The summed E-state index contributed by atoms with van der Waals surface area (Å²) in [5.74, 6) is 0.667. The Hall–Kier alpha value is -3.79. The van der Waals surface area contributed by atoms with Crippen molar-refractivity contribution in [1.29, 1.82) is 0 Å². The average molecular weight is 408 g/mol. The van der Waals surface area contributed by atoms with Gasteiger partial charge in [-0.1, -0.05) is 73.3 Å². The maximum absolute atomic E-state index is 5.70. The van der Waals surface area contributed by atoms with Gasteiger partial charge in [-0.2, -0.15) is 0 Å². The van der Waals surface area contributed by atoms with Gasteiger partial charge >= 0.3 is 0 Å². The lowest BCUT2D eigenvalue weighted by atomic mass is 9.95. The lowest BCUT2D eigenvalue weighted by Crippen LogP contribution is -2.24. The van der Waals surface area contributed by atoms with Crippen molar-refractivity contribution < 1.29 is 4.74 Å². The molecule has 0 spiro atoms. The Balaban J connectivity index is 1.68. The van der Waals surface area contributed by atoms with Crippen LogP contribution in [0.4, 0.5) is 5.69 Å². The van der Waals surface area contributed by atoms with Gasteiger partial charge in [-0.3, -0.25) is 4.99 Å². The zero-order chi connectivity index (χ0) is 21.2. The number of anilines is 1. The first kappa shape index (κ1) is 19.2. The highest BCUT2D eigenvalue weighted by Gasteiger charge is 2.30. The summed E-state index contributed by atoms with van der Waals surface area (Å²) in [6, 6.07) is 27.5. The molecule has 31 heavy (non-hydrogen) atoms. The largest absolute Gasteiger partial charge is 0.492 e. The zero-order valence-electron chi connectivity index (χ0n) is 17.6. The molecular weight excluding hydrogens is 382 g/mol. The van der Waals surface area contributed by atoms with Crippen molar-refractivity contribution in [2.75, 3.05) is 24.7 Å². The number of ether oxygens (including phenoxy) is 1. The molecular formula is C27H25N3O. The highest BCUT2D eigenvalue weighted by molar-refractivity contribution is 6.17. The second-order valence-electron chi connectivity index (χ2n) is 7.57. The standard InChI is InChI=1S/C27H25N3O/c1-3-31-19(2)26-25-17-28-27(21-12-8-5-9-13-21)23-16-22(20-10-6-4-7-11-20)14-15-24(23)30(25)18-29-26/h4-16,29H,2-3,17-18H2,1H3. The molecule has 3 aromatic carbocycles. The van der Waals surface area contributed by atoms with Gasteiger partial charge in [0.25, 0.3) is 0 Å². The molecule has 4 nitrogen and oxygen atoms in total. The van der Waals surface area contributed by atoms with Crippen molar-refractivity contribution in [2.24, 2.45) is 4.99 Å². The molecule has 0 fully saturated rings. The van der Waals surface area contributed by atoms with Crippen LogP contribution >= 0.6 is 0 Å². The molecule has 0 amide bonds. The smallest absolute Gasteiger partial charge is 0.137 e. The van der Waals surface area contributed by atoms with Crippen LogP contribution in [0.5, 0.6) is 0 Å². The van der Waals surface area contributed by atoms with Crippen molar-refractivity contribution in [3.63, 3.8) is 0 Å². The van der Waals surface area contributed by atoms with Gasteiger partial charge in [0.15, 0.2) is 0 Å². The lowest BCUT2D eigenvalue weighted by Gasteiger charge is -2.22. The second-order valence-corrected chi connectivity index (χ2v) is 7.57. The quantitative estimate of drug-likeness (QED) is 0.581. The summed E-state index contributed by atoms with van der Waals surface area (Å²) < 4.78 is 5.70. The van der Waals surface area contributed by atoms with Gasteiger partial charge in [0, 0.05) is 11.1 Å². The Morgan fingerprint density at radius 1 is 0.968 bits per heavy atom. The molecule has 3 aromatic rings. The van der Waals surface area contributed by atoms with Crippen LogP contribution in [0.2, 0.25) is 0 Å². The number of fused-ring (bicyclic) bond motifs is 3. The SMILES string of the molecule is C=C(OCC)C1=C2CN=C(c3ccccc3)c3cc(-c4ccccc4)ccc3N2CN1. The molecule has 0 aromatic heterocycles. The summed E-state index contributed by atoms with van der Waals surface area (Å²) >= 11 is 0. The van der Waals surface area contributed by atoms with Crippen LogP contribution in [0.1, 0.15) is 18.1 Å². The Kier molecular flexibility index (Phi) is 5.04. The van der Waals surface area contributed by atoms with Crippen LogP contribution < -0.4 is 10.2 Å². The molecule has 2 aliphatic heterocycles. The van der Waals surface area contributed by atoms with Gasteiger partial charge in [0.1, 0.15) is 5.76 Å². The van der Waals surface area contributed by atoms with Crippen LogP contribution in [-0.4, -0.2) is 25.5 Å². The normalized spacial score (nSPS) is 14.9. The first-order valence-corrected chi connectivity index (χ1v) is 10.6. The second kappa shape index (κ2) is 8.15. The molecule has 0 aliphatic carbocycles. The van der Waals surface area contributed by atoms with E-state index in [4.69, 9.17) is 9.73 Å². The van der Waals surface area contributed by atoms with E-state index in [1.54, 1.807) is 0 Å². The fourth-order valence-corrected chi connectivity index (χ4v) is 4.24. The lowest BCUT2D eigenvalue weighted by molar-refractivity contribution is 0.236. The summed E-state index contributed by atoms with van der Waals surface area (Å²) in [4.78, 5) is 7.38. The van der Waals surface area contributed by atoms with Gasteiger partial charge < -0.3 is 15.0 Å². The summed E-state index contributed by atoms with van der Waals surface area (Å²) in [7, 11) is 0. The van der Waals surface area contributed by atoms with E-state index in [-0.39, 0.29) is 0 Å².